The molecule has 0 aliphatic heterocycles. The molecule has 0 amide bonds. The van der Waals surface area contributed by atoms with Crippen molar-refractivity contribution in [1.29, 1.82) is 0 Å². The lowest BCUT2D eigenvalue weighted by Gasteiger charge is -2.15. The SMILES string of the molecule is Cc1cc(F)c(N)cc1-c1ccccc1OC(F)(F)F. The number of benzene rings is 2. The van der Waals surface area contributed by atoms with Crippen LogP contribution in [0.25, 0.3) is 11.1 Å². The van der Waals surface area contributed by atoms with Gasteiger partial charge in [-0.25, -0.2) is 4.39 Å². The van der Waals surface area contributed by atoms with Crippen LogP contribution in [0.5, 0.6) is 5.75 Å². The molecule has 2 N–H and O–H groups in total. The lowest BCUT2D eigenvalue weighted by Crippen LogP contribution is -2.17. The number of nitrogens with two attached hydrogens (primary N) is 1. The van der Waals surface area contributed by atoms with E-state index in [1.165, 1.54) is 30.3 Å². The highest BCUT2D eigenvalue weighted by Gasteiger charge is 2.32. The monoisotopic (exact) mass is 285 g/mol. The fraction of sp³-hybridized carbons (Fsp3) is 0.143. The predicted octanol–water partition coefficient (Wildman–Crippen LogP) is 4.28. The molecule has 2 aromatic carbocycles. The van der Waals surface area contributed by atoms with E-state index in [-0.39, 0.29) is 17.0 Å². The first-order valence-corrected chi connectivity index (χ1v) is 5.68. The normalized spacial score (nSPS) is 11.4. The number of alkyl halides is 3. The smallest absolute Gasteiger partial charge is 0.405 e. The molecule has 0 saturated carbocycles. The molecule has 6 heteroatoms. The zero-order valence-electron chi connectivity index (χ0n) is 10.5. The fourth-order valence-electron chi connectivity index (χ4n) is 1.88. The number of rotatable bonds is 2. The van der Waals surface area contributed by atoms with E-state index in [2.05, 4.69) is 4.74 Å². The average molecular weight is 285 g/mol. The van der Waals surface area contributed by atoms with Crippen LogP contribution in [0.3, 0.4) is 0 Å². The summed E-state index contributed by atoms with van der Waals surface area (Å²) >= 11 is 0. The van der Waals surface area contributed by atoms with Crippen molar-refractivity contribution in [2.75, 3.05) is 5.73 Å². The molecule has 2 aromatic rings. The van der Waals surface area contributed by atoms with Crippen LogP contribution in [0.15, 0.2) is 36.4 Å². The molecule has 0 heterocycles. The lowest BCUT2D eigenvalue weighted by molar-refractivity contribution is -0.274. The molecule has 0 aromatic heterocycles. The summed E-state index contributed by atoms with van der Waals surface area (Å²) in [5.74, 6) is -0.963. The van der Waals surface area contributed by atoms with Crippen molar-refractivity contribution in [2.24, 2.45) is 0 Å². The van der Waals surface area contributed by atoms with Gasteiger partial charge < -0.3 is 10.5 Å². The number of hydrogen-bond donors (Lipinski definition) is 1. The van der Waals surface area contributed by atoms with Crippen molar-refractivity contribution in [1.82, 2.24) is 0 Å². The van der Waals surface area contributed by atoms with Gasteiger partial charge in [-0.15, -0.1) is 13.2 Å². The highest BCUT2D eigenvalue weighted by atomic mass is 19.4. The van der Waals surface area contributed by atoms with Crippen LogP contribution in [-0.4, -0.2) is 6.36 Å². The second kappa shape index (κ2) is 5.03. The number of anilines is 1. The minimum absolute atomic E-state index is 0.132. The summed E-state index contributed by atoms with van der Waals surface area (Å²) in [7, 11) is 0. The van der Waals surface area contributed by atoms with Gasteiger partial charge in [0.2, 0.25) is 0 Å². The summed E-state index contributed by atoms with van der Waals surface area (Å²) in [6.45, 7) is 1.59. The van der Waals surface area contributed by atoms with E-state index in [9.17, 15) is 17.6 Å². The number of hydrogen-bond acceptors (Lipinski definition) is 2. The van der Waals surface area contributed by atoms with Crippen molar-refractivity contribution >= 4 is 5.69 Å². The van der Waals surface area contributed by atoms with Crippen LogP contribution in [0, 0.1) is 12.7 Å². The molecule has 0 fully saturated rings. The van der Waals surface area contributed by atoms with Crippen LogP contribution in [0.2, 0.25) is 0 Å². The minimum Gasteiger partial charge on any atom is -0.405 e. The van der Waals surface area contributed by atoms with E-state index in [1.54, 1.807) is 13.0 Å². The van der Waals surface area contributed by atoms with Gasteiger partial charge in [0.25, 0.3) is 0 Å². The lowest BCUT2D eigenvalue weighted by atomic mass is 9.99. The van der Waals surface area contributed by atoms with E-state index in [4.69, 9.17) is 5.73 Å². The predicted molar refractivity (Wildman–Crippen MR) is 67.7 cm³/mol. The first kappa shape index (κ1) is 14.2. The maximum Gasteiger partial charge on any atom is 0.573 e. The van der Waals surface area contributed by atoms with Crippen molar-refractivity contribution in [2.45, 2.75) is 13.3 Å². The van der Waals surface area contributed by atoms with Gasteiger partial charge in [0.05, 0.1) is 5.69 Å². The summed E-state index contributed by atoms with van der Waals surface area (Å²) in [5, 5.41) is 0. The molecule has 0 bridgehead atoms. The largest absolute Gasteiger partial charge is 0.573 e. The third kappa shape index (κ3) is 3.01. The highest BCUT2D eigenvalue weighted by Crippen LogP contribution is 2.36. The Bertz CT molecular complexity index is 638. The third-order valence-electron chi connectivity index (χ3n) is 2.75. The molecule has 0 aliphatic rings. The first-order valence-electron chi connectivity index (χ1n) is 5.68. The molecule has 2 nitrogen and oxygen atoms in total. The first-order chi connectivity index (χ1) is 9.28. The molecule has 0 unspecified atom stereocenters. The molecule has 0 aliphatic carbocycles. The van der Waals surface area contributed by atoms with Crippen LogP contribution >= 0.6 is 0 Å². The van der Waals surface area contributed by atoms with E-state index in [0.717, 1.165) is 0 Å². The number of nitrogen functional groups attached to an aromatic ring is 1. The van der Waals surface area contributed by atoms with Crippen LogP contribution in [0.4, 0.5) is 23.2 Å². The fourth-order valence-corrected chi connectivity index (χ4v) is 1.88. The van der Waals surface area contributed by atoms with Crippen LogP contribution in [-0.2, 0) is 0 Å². The molecule has 0 atom stereocenters. The summed E-state index contributed by atoms with van der Waals surface area (Å²) in [5.41, 5.74) is 6.40. The summed E-state index contributed by atoms with van der Waals surface area (Å²) in [6.07, 6.45) is -4.80. The molecule has 0 spiro atoms. The van der Waals surface area contributed by atoms with Gasteiger partial charge in [0.15, 0.2) is 0 Å². The van der Waals surface area contributed by atoms with E-state index >= 15 is 0 Å². The zero-order chi connectivity index (χ0) is 14.9. The number of aryl methyl sites for hydroxylation is 1. The van der Waals surface area contributed by atoms with Crippen molar-refractivity contribution < 1.29 is 22.3 Å². The third-order valence-corrected chi connectivity index (χ3v) is 2.75. The summed E-state index contributed by atoms with van der Waals surface area (Å²) in [6, 6.07) is 8.12. The summed E-state index contributed by atoms with van der Waals surface area (Å²) in [4.78, 5) is 0. The second-order valence-electron chi connectivity index (χ2n) is 4.23. The van der Waals surface area contributed by atoms with Gasteiger partial charge in [-0.3, -0.25) is 0 Å². The van der Waals surface area contributed by atoms with Gasteiger partial charge in [-0.1, -0.05) is 18.2 Å². The average Bonchev–Trinajstić information content (AvgIpc) is 2.33. The molecule has 20 heavy (non-hydrogen) atoms. The topological polar surface area (TPSA) is 35.2 Å². The van der Waals surface area contributed by atoms with Crippen LogP contribution < -0.4 is 10.5 Å². The van der Waals surface area contributed by atoms with Gasteiger partial charge in [0, 0.05) is 5.56 Å². The molecular weight excluding hydrogens is 274 g/mol. The van der Waals surface area contributed by atoms with E-state index in [0.29, 0.717) is 11.1 Å². The molecule has 106 valence electrons. The standard InChI is InChI=1S/C14H11F4NO/c1-8-6-11(15)12(19)7-10(8)9-4-2-3-5-13(9)20-14(16,17)18/h2-7H,19H2,1H3. The molecule has 2 rings (SSSR count). The van der Waals surface area contributed by atoms with Crippen molar-refractivity contribution in [3.8, 4) is 16.9 Å². The maximum atomic E-state index is 13.3. The Balaban J connectivity index is 2.56. The number of ether oxygens (including phenoxy) is 1. The second-order valence-corrected chi connectivity index (χ2v) is 4.23. The van der Waals surface area contributed by atoms with Crippen molar-refractivity contribution in [3.05, 3.63) is 47.8 Å². The van der Waals surface area contributed by atoms with Gasteiger partial charge in [0.1, 0.15) is 11.6 Å². The summed E-state index contributed by atoms with van der Waals surface area (Å²) < 4.78 is 54.4. The van der Waals surface area contributed by atoms with Gasteiger partial charge >= 0.3 is 6.36 Å². The number of halogens is 4. The Labute approximate surface area is 112 Å². The highest BCUT2D eigenvalue weighted by molar-refractivity contribution is 5.76. The Hall–Kier alpha value is -2.24. The zero-order valence-corrected chi connectivity index (χ0v) is 10.5. The Kier molecular flexibility index (Phi) is 3.57. The molecule has 0 saturated heterocycles. The van der Waals surface area contributed by atoms with Crippen molar-refractivity contribution in [3.63, 3.8) is 0 Å². The van der Waals surface area contributed by atoms with Gasteiger partial charge in [-0.2, -0.15) is 0 Å². The van der Waals surface area contributed by atoms with E-state index < -0.39 is 12.2 Å². The van der Waals surface area contributed by atoms with Gasteiger partial charge in [-0.05, 0) is 36.2 Å². The Morgan fingerprint density at radius 1 is 1.05 bits per heavy atom. The Morgan fingerprint density at radius 2 is 1.70 bits per heavy atom. The Morgan fingerprint density at radius 3 is 2.35 bits per heavy atom. The van der Waals surface area contributed by atoms with E-state index in [1.807, 2.05) is 0 Å². The number of para-hydroxylation sites is 1. The molecular formula is C14H11F4NO. The quantitative estimate of drug-likeness (QED) is 0.660. The molecule has 0 radical (unpaired) electrons. The minimum atomic E-state index is -4.80. The van der Waals surface area contributed by atoms with Crippen LogP contribution in [0.1, 0.15) is 5.56 Å². The maximum absolute atomic E-state index is 13.3.